The van der Waals surface area contributed by atoms with Gasteiger partial charge in [0.15, 0.2) is 0 Å². The van der Waals surface area contributed by atoms with Crippen molar-refractivity contribution in [2.45, 2.75) is 155 Å². The molecule has 0 amide bonds. The largest absolute Gasteiger partial charge is 0.394 e. The molecule has 2 nitrogen and oxygen atoms in total. The molecule has 2 unspecified atom stereocenters. The minimum absolute atomic E-state index is 0.0774. The van der Waals surface area contributed by atoms with Crippen molar-refractivity contribution in [1.29, 1.82) is 0 Å². The van der Waals surface area contributed by atoms with E-state index in [4.69, 9.17) is 0 Å². The van der Waals surface area contributed by atoms with Gasteiger partial charge >= 0.3 is 0 Å². The lowest BCUT2D eigenvalue weighted by molar-refractivity contribution is 0.0705. The lowest BCUT2D eigenvalue weighted by Crippen LogP contribution is -2.17. The highest BCUT2D eigenvalue weighted by molar-refractivity contribution is 4.66. The van der Waals surface area contributed by atoms with Crippen LogP contribution in [0.1, 0.15) is 149 Å². The molecule has 2 N–H and O–H groups in total. The Morgan fingerprint density at radius 3 is 1.14 bits per heavy atom. The van der Waals surface area contributed by atoms with Crippen LogP contribution >= 0.6 is 0 Å². The maximum Gasteiger partial charge on any atom is 0.0773 e. The van der Waals surface area contributed by atoms with E-state index in [-0.39, 0.29) is 6.61 Å². The average molecular weight is 399 g/mol. The molecule has 0 rings (SSSR count). The number of unbranched alkanes of at least 4 members (excludes halogenated alkanes) is 16. The summed E-state index contributed by atoms with van der Waals surface area (Å²) in [4.78, 5) is 0. The molecule has 0 heterocycles. The quantitative estimate of drug-likeness (QED) is 0.170. The van der Waals surface area contributed by atoms with Gasteiger partial charge in [0.2, 0.25) is 0 Å². The monoisotopic (exact) mass is 398 g/mol. The Morgan fingerprint density at radius 2 is 0.821 bits per heavy atom. The van der Waals surface area contributed by atoms with E-state index in [1.807, 2.05) is 0 Å². The molecule has 0 saturated heterocycles. The van der Waals surface area contributed by atoms with E-state index in [1.54, 1.807) is 0 Å². The average Bonchev–Trinajstić information content (AvgIpc) is 2.70. The summed E-state index contributed by atoms with van der Waals surface area (Å²) in [6.45, 7) is 4.48. The first-order valence-corrected chi connectivity index (χ1v) is 13.0. The fourth-order valence-corrected chi connectivity index (χ4v) is 4.33. The van der Waals surface area contributed by atoms with Crippen LogP contribution in [0.3, 0.4) is 0 Å². The molecular formula is C26H54O2. The van der Waals surface area contributed by atoms with Gasteiger partial charge in [-0.2, -0.15) is 0 Å². The van der Waals surface area contributed by atoms with E-state index in [0.717, 1.165) is 6.42 Å². The zero-order chi connectivity index (χ0) is 20.7. The molecule has 0 aromatic heterocycles. The Balaban J connectivity index is 3.67. The summed E-state index contributed by atoms with van der Waals surface area (Å²) in [5.41, 5.74) is 0. The first-order valence-electron chi connectivity index (χ1n) is 13.0. The van der Waals surface area contributed by atoms with Gasteiger partial charge in [-0.05, 0) is 12.3 Å². The summed E-state index contributed by atoms with van der Waals surface area (Å²) in [6.07, 6.45) is 27.5. The number of hydrogen-bond donors (Lipinski definition) is 2. The Bertz CT molecular complexity index is 280. The van der Waals surface area contributed by atoms with Gasteiger partial charge in [-0.3, -0.25) is 0 Å². The normalized spacial score (nSPS) is 13.7. The lowest BCUT2D eigenvalue weighted by Gasteiger charge is -2.19. The predicted octanol–water partition coefficient (Wildman–Crippen LogP) is 8.19. The maximum atomic E-state index is 9.86. The van der Waals surface area contributed by atoms with Crippen molar-refractivity contribution in [3.63, 3.8) is 0 Å². The van der Waals surface area contributed by atoms with Crippen LogP contribution in [0.25, 0.3) is 0 Å². The zero-order valence-electron chi connectivity index (χ0n) is 19.6. The molecule has 0 aromatic rings. The summed E-state index contributed by atoms with van der Waals surface area (Å²) >= 11 is 0. The number of rotatable bonds is 23. The van der Waals surface area contributed by atoms with Gasteiger partial charge in [-0.1, -0.05) is 142 Å². The van der Waals surface area contributed by atoms with Gasteiger partial charge in [0.25, 0.3) is 0 Å². The molecule has 2 atom stereocenters. The van der Waals surface area contributed by atoms with Crippen molar-refractivity contribution in [3.05, 3.63) is 0 Å². The summed E-state index contributed by atoms with van der Waals surface area (Å²) in [5, 5.41) is 19.1. The van der Waals surface area contributed by atoms with Crippen molar-refractivity contribution >= 4 is 0 Å². The van der Waals surface area contributed by atoms with Crippen molar-refractivity contribution in [2.24, 2.45) is 5.92 Å². The third-order valence-corrected chi connectivity index (χ3v) is 6.25. The second-order valence-corrected chi connectivity index (χ2v) is 9.17. The van der Waals surface area contributed by atoms with E-state index < -0.39 is 6.10 Å². The molecule has 0 fully saturated rings. The van der Waals surface area contributed by atoms with E-state index in [1.165, 1.54) is 128 Å². The molecule has 0 saturated carbocycles. The van der Waals surface area contributed by atoms with Crippen LogP contribution in [0.15, 0.2) is 0 Å². The van der Waals surface area contributed by atoms with Gasteiger partial charge in [0.1, 0.15) is 0 Å². The summed E-state index contributed by atoms with van der Waals surface area (Å²) in [6, 6.07) is 0. The second-order valence-electron chi connectivity index (χ2n) is 9.17. The molecule has 0 aliphatic heterocycles. The van der Waals surface area contributed by atoms with Crippen LogP contribution in [-0.2, 0) is 0 Å². The second kappa shape index (κ2) is 23.2. The Hall–Kier alpha value is -0.0800. The Morgan fingerprint density at radius 1 is 0.500 bits per heavy atom. The van der Waals surface area contributed by atoms with E-state index in [0.29, 0.717) is 5.92 Å². The molecule has 28 heavy (non-hydrogen) atoms. The van der Waals surface area contributed by atoms with Gasteiger partial charge in [-0.25, -0.2) is 0 Å². The molecule has 0 radical (unpaired) electrons. The van der Waals surface area contributed by atoms with E-state index in [2.05, 4.69) is 13.8 Å². The standard InChI is InChI=1S/C26H54O2/c1-3-5-7-9-11-13-14-16-18-20-22-25(23-26(28)24-27)21-19-17-15-12-10-8-6-4-2/h25-28H,3-24H2,1-2H3. The maximum absolute atomic E-state index is 9.86. The first-order chi connectivity index (χ1) is 13.7. The van der Waals surface area contributed by atoms with Crippen LogP contribution in [-0.4, -0.2) is 22.9 Å². The summed E-state index contributed by atoms with van der Waals surface area (Å²) in [5.74, 6) is 0.608. The SMILES string of the molecule is CCCCCCCCCCCCC(CCCCCCCCCC)CC(O)CO. The molecule has 2 heteroatoms. The van der Waals surface area contributed by atoms with E-state index >= 15 is 0 Å². The van der Waals surface area contributed by atoms with Crippen molar-refractivity contribution < 1.29 is 10.2 Å². The highest BCUT2D eigenvalue weighted by Gasteiger charge is 2.13. The molecule has 0 aromatic carbocycles. The molecule has 0 spiro atoms. The molecule has 0 bridgehead atoms. The number of aliphatic hydroxyl groups is 2. The number of hydrogen-bond acceptors (Lipinski definition) is 2. The minimum atomic E-state index is -0.512. The van der Waals surface area contributed by atoms with Crippen LogP contribution in [0.2, 0.25) is 0 Å². The zero-order valence-corrected chi connectivity index (χ0v) is 19.6. The molecule has 170 valence electrons. The summed E-state index contributed by atoms with van der Waals surface area (Å²) < 4.78 is 0. The van der Waals surface area contributed by atoms with E-state index in [9.17, 15) is 10.2 Å². The van der Waals surface area contributed by atoms with Crippen molar-refractivity contribution in [1.82, 2.24) is 0 Å². The Kier molecular flexibility index (Phi) is 23.1. The van der Waals surface area contributed by atoms with Gasteiger partial charge < -0.3 is 10.2 Å². The van der Waals surface area contributed by atoms with Crippen LogP contribution < -0.4 is 0 Å². The minimum Gasteiger partial charge on any atom is -0.394 e. The fourth-order valence-electron chi connectivity index (χ4n) is 4.33. The van der Waals surface area contributed by atoms with Crippen LogP contribution in [0, 0.1) is 5.92 Å². The fraction of sp³-hybridized carbons (Fsp3) is 1.00. The predicted molar refractivity (Wildman–Crippen MR) is 125 cm³/mol. The Labute approximate surface area is 177 Å². The smallest absolute Gasteiger partial charge is 0.0773 e. The summed E-state index contributed by atoms with van der Waals surface area (Å²) in [7, 11) is 0. The molecule has 0 aliphatic carbocycles. The third-order valence-electron chi connectivity index (χ3n) is 6.25. The lowest BCUT2D eigenvalue weighted by atomic mass is 9.89. The van der Waals surface area contributed by atoms with Crippen LogP contribution in [0.5, 0.6) is 0 Å². The molecular weight excluding hydrogens is 344 g/mol. The van der Waals surface area contributed by atoms with Gasteiger partial charge in [0, 0.05) is 0 Å². The van der Waals surface area contributed by atoms with Crippen LogP contribution in [0.4, 0.5) is 0 Å². The molecule has 0 aliphatic rings. The first kappa shape index (κ1) is 27.9. The highest BCUT2D eigenvalue weighted by atomic mass is 16.3. The highest BCUT2D eigenvalue weighted by Crippen LogP contribution is 2.23. The van der Waals surface area contributed by atoms with Gasteiger partial charge in [-0.15, -0.1) is 0 Å². The van der Waals surface area contributed by atoms with Crippen molar-refractivity contribution in [3.8, 4) is 0 Å². The van der Waals surface area contributed by atoms with Crippen molar-refractivity contribution in [2.75, 3.05) is 6.61 Å². The van der Waals surface area contributed by atoms with Gasteiger partial charge in [0.05, 0.1) is 12.7 Å². The number of aliphatic hydroxyl groups excluding tert-OH is 2. The topological polar surface area (TPSA) is 40.5 Å². The third kappa shape index (κ3) is 20.6.